The van der Waals surface area contributed by atoms with Crippen molar-refractivity contribution in [3.05, 3.63) is 45.5 Å². The van der Waals surface area contributed by atoms with E-state index in [9.17, 15) is 14.9 Å². The molecule has 0 fully saturated rings. The van der Waals surface area contributed by atoms with E-state index in [1.165, 1.54) is 5.01 Å². The number of fused-ring (bicyclic) bond motifs is 1. The van der Waals surface area contributed by atoms with Crippen molar-refractivity contribution in [3.63, 3.8) is 0 Å². The van der Waals surface area contributed by atoms with Crippen LogP contribution in [0.3, 0.4) is 0 Å². The minimum atomic E-state index is -0.720. The van der Waals surface area contributed by atoms with Gasteiger partial charge >= 0.3 is 0 Å². The van der Waals surface area contributed by atoms with Crippen LogP contribution in [0, 0.1) is 10.1 Å². The van der Waals surface area contributed by atoms with Gasteiger partial charge in [-0.3, -0.25) is 20.3 Å². The first-order chi connectivity index (χ1) is 9.47. The monoisotopic (exact) mass is 295 g/mol. The lowest BCUT2D eigenvalue weighted by atomic mass is 9.88. The number of carbonyl (C=O) groups is 1. The predicted molar refractivity (Wildman–Crippen MR) is 78.2 cm³/mol. The summed E-state index contributed by atoms with van der Waals surface area (Å²) in [4.78, 5) is 22.8. The third kappa shape index (κ3) is 3.49. The molecule has 2 atom stereocenters. The Hall–Kier alpha value is -1.60. The molecule has 0 spiro atoms. The topological polar surface area (TPSA) is 75.5 Å². The molecule has 0 bridgehead atoms. The summed E-state index contributed by atoms with van der Waals surface area (Å²) in [5, 5.41) is 12.2. The summed E-state index contributed by atoms with van der Waals surface area (Å²) in [6.07, 6.45) is 0.934. The lowest BCUT2D eigenvalue weighted by molar-refractivity contribution is -0.522. The molecule has 7 heteroatoms. The van der Waals surface area contributed by atoms with Gasteiger partial charge in [0, 0.05) is 25.4 Å². The molecule has 108 valence electrons. The van der Waals surface area contributed by atoms with Gasteiger partial charge in [-0.05, 0) is 17.5 Å². The van der Waals surface area contributed by atoms with E-state index in [0.29, 0.717) is 12.8 Å². The van der Waals surface area contributed by atoms with Crippen molar-refractivity contribution in [2.75, 3.05) is 14.1 Å². The molecule has 0 saturated heterocycles. The Bertz CT molecular complexity index is 521. The van der Waals surface area contributed by atoms with Crippen molar-refractivity contribution < 1.29 is 9.72 Å². The zero-order valence-electron chi connectivity index (χ0n) is 11.4. The summed E-state index contributed by atoms with van der Waals surface area (Å²) in [5.74, 6) is 0. The molecule has 2 unspecified atom stereocenters. The van der Waals surface area contributed by atoms with Gasteiger partial charge in [-0.15, -0.1) is 0 Å². The molecule has 0 radical (unpaired) electrons. The van der Waals surface area contributed by atoms with Crippen LogP contribution in [0.15, 0.2) is 24.3 Å². The minimum Gasteiger partial charge on any atom is -0.280 e. The van der Waals surface area contributed by atoms with Crippen molar-refractivity contribution >= 4 is 17.0 Å². The number of amides is 1. The zero-order chi connectivity index (χ0) is 14.7. The van der Waals surface area contributed by atoms with E-state index in [-0.39, 0.29) is 15.4 Å². The second-order valence-corrected chi connectivity index (χ2v) is 6.19. The molecule has 0 aromatic heterocycles. The molecule has 1 N–H and O–H groups in total. The summed E-state index contributed by atoms with van der Waals surface area (Å²) >= 11 is 1.02. The van der Waals surface area contributed by atoms with Gasteiger partial charge in [0.15, 0.2) is 0 Å². The molecular weight excluding hydrogens is 278 g/mol. The normalized spacial score (nSPS) is 21.4. The lowest BCUT2D eigenvalue weighted by Crippen LogP contribution is -2.42. The number of thioether (sulfide) groups is 1. The number of nitrogens with one attached hydrogen (secondary N) is 1. The van der Waals surface area contributed by atoms with Crippen LogP contribution in [0.2, 0.25) is 0 Å². The van der Waals surface area contributed by atoms with Crippen LogP contribution < -0.4 is 5.43 Å². The summed E-state index contributed by atoms with van der Waals surface area (Å²) in [7, 11) is 3.42. The molecule has 1 aliphatic rings. The van der Waals surface area contributed by atoms with Gasteiger partial charge in [-0.1, -0.05) is 36.0 Å². The maximum absolute atomic E-state index is 11.8. The molecule has 0 aliphatic heterocycles. The van der Waals surface area contributed by atoms with Crippen molar-refractivity contribution in [2.45, 2.75) is 24.1 Å². The quantitative estimate of drug-likeness (QED) is 0.679. The third-order valence-corrected chi connectivity index (χ3v) is 4.33. The van der Waals surface area contributed by atoms with E-state index in [4.69, 9.17) is 0 Å². The Morgan fingerprint density at radius 2 is 1.95 bits per heavy atom. The Labute approximate surface area is 121 Å². The van der Waals surface area contributed by atoms with Crippen molar-refractivity contribution in [3.8, 4) is 0 Å². The number of nitrogens with zero attached hydrogens (tertiary/aromatic N) is 2. The van der Waals surface area contributed by atoms with Gasteiger partial charge < -0.3 is 0 Å². The fraction of sp³-hybridized carbons (Fsp3) is 0.462. The highest BCUT2D eigenvalue weighted by atomic mass is 32.2. The molecule has 20 heavy (non-hydrogen) atoms. The van der Waals surface area contributed by atoms with Crippen LogP contribution >= 0.6 is 11.8 Å². The summed E-state index contributed by atoms with van der Waals surface area (Å²) in [6.45, 7) is 0. The molecule has 0 heterocycles. The Morgan fingerprint density at radius 3 is 2.50 bits per heavy atom. The predicted octanol–water partition coefficient (Wildman–Crippen LogP) is 1.72. The van der Waals surface area contributed by atoms with E-state index < -0.39 is 6.04 Å². The maximum Gasteiger partial charge on any atom is 0.293 e. The number of nitro groups is 1. The third-order valence-electron chi connectivity index (χ3n) is 3.24. The average molecular weight is 295 g/mol. The smallest absolute Gasteiger partial charge is 0.280 e. The SMILES string of the molecule is CN(C)NC(=O)SC1Cc2ccccc2CC1[N+](=O)[O-]. The summed E-state index contributed by atoms with van der Waals surface area (Å²) in [5.41, 5.74) is 4.72. The number of hydrazine groups is 1. The fourth-order valence-corrected chi connectivity index (χ4v) is 3.47. The van der Waals surface area contributed by atoms with Crippen LogP contribution in [0.1, 0.15) is 11.1 Å². The molecular formula is C13H17N3O3S. The molecule has 6 nitrogen and oxygen atoms in total. The van der Waals surface area contributed by atoms with Crippen LogP contribution in [0.5, 0.6) is 0 Å². The van der Waals surface area contributed by atoms with Gasteiger partial charge in [-0.25, -0.2) is 5.01 Å². The number of carbonyl (C=O) groups excluding carboxylic acids is 1. The van der Waals surface area contributed by atoms with Crippen LogP contribution in [-0.4, -0.2) is 40.6 Å². The average Bonchev–Trinajstić information content (AvgIpc) is 2.36. The Kier molecular flexibility index (Phi) is 4.61. The van der Waals surface area contributed by atoms with E-state index in [2.05, 4.69) is 5.43 Å². The molecule has 0 saturated carbocycles. The van der Waals surface area contributed by atoms with E-state index >= 15 is 0 Å². The highest BCUT2D eigenvalue weighted by molar-refractivity contribution is 8.14. The lowest BCUT2D eigenvalue weighted by Gasteiger charge is -2.27. The zero-order valence-corrected chi connectivity index (χ0v) is 12.2. The summed E-state index contributed by atoms with van der Waals surface area (Å²) in [6, 6.07) is 6.99. The van der Waals surface area contributed by atoms with Crippen molar-refractivity contribution in [2.24, 2.45) is 0 Å². The number of hydrogen-bond acceptors (Lipinski definition) is 5. The first kappa shape index (κ1) is 14.8. The fourth-order valence-electron chi connectivity index (χ4n) is 2.34. The summed E-state index contributed by atoms with van der Waals surface area (Å²) < 4.78 is 0. The van der Waals surface area contributed by atoms with Crippen LogP contribution in [0.4, 0.5) is 4.79 Å². The van der Waals surface area contributed by atoms with E-state index in [0.717, 1.165) is 22.9 Å². The molecule has 1 aromatic rings. The number of rotatable bonds is 3. The van der Waals surface area contributed by atoms with Gasteiger partial charge in [0.25, 0.3) is 5.24 Å². The largest absolute Gasteiger partial charge is 0.293 e. The van der Waals surface area contributed by atoms with Gasteiger partial charge in [0.1, 0.15) is 0 Å². The first-order valence-corrected chi connectivity index (χ1v) is 7.20. The van der Waals surface area contributed by atoms with Crippen molar-refractivity contribution in [1.82, 2.24) is 10.4 Å². The maximum atomic E-state index is 11.8. The molecule has 2 rings (SSSR count). The second kappa shape index (κ2) is 6.23. The van der Waals surface area contributed by atoms with Crippen LogP contribution in [-0.2, 0) is 12.8 Å². The molecule has 1 aromatic carbocycles. The Morgan fingerprint density at radius 1 is 1.35 bits per heavy atom. The highest BCUT2D eigenvalue weighted by Crippen LogP contribution is 2.31. The number of benzene rings is 1. The minimum absolute atomic E-state index is 0.258. The van der Waals surface area contributed by atoms with Gasteiger partial charge in [0.05, 0.1) is 5.25 Å². The van der Waals surface area contributed by atoms with E-state index in [1.54, 1.807) is 14.1 Å². The van der Waals surface area contributed by atoms with Crippen molar-refractivity contribution in [1.29, 1.82) is 0 Å². The second-order valence-electron chi connectivity index (χ2n) is 4.98. The van der Waals surface area contributed by atoms with Crippen LogP contribution in [0.25, 0.3) is 0 Å². The molecule has 1 aliphatic carbocycles. The Balaban J connectivity index is 2.14. The standard InChI is InChI=1S/C13H17N3O3S/c1-15(2)14-13(17)20-12-8-10-6-4-3-5-9(10)7-11(12)16(18)19/h3-6,11-12H,7-8H2,1-2H3,(H,14,17). The first-order valence-electron chi connectivity index (χ1n) is 6.32. The molecule has 1 amide bonds. The van der Waals surface area contributed by atoms with Gasteiger partial charge in [-0.2, -0.15) is 0 Å². The number of hydrogen-bond donors (Lipinski definition) is 1. The highest BCUT2D eigenvalue weighted by Gasteiger charge is 2.38. The van der Waals surface area contributed by atoms with Gasteiger partial charge in [0.2, 0.25) is 6.04 Å². The van der Waals surface area contributed by atoms with E-state index in [1.807, 2.05) is 24.3 Å².